The second kappa shape index (κ2) is 5.90. The van der Waals surface area contributed by atoms with E-state index in [1.165, 1.54) is 10.6 Å². The molecule has 0 saturated carbocycles. The summed E-state index contributed by atoms with van der Waals surface area (Å²) in [5.41, 5.74) is 1.82. The third-order valence-electron chi connectivity index (χ3n) is 4.26. The lowest BCUT2D eigenvalue weighted by Gasteiger charge is -2.12. The van der Waals surface area contributed by atoms with E-state index in [0.717, 1.165) is 36.9 Å². The number of H-pyrrole nitrogens is 1. The highest BCUT2D eigenvalue weighted by Crippen LogP contribution is 2.20. The van der Waals surface area contributed by atoms with Gasteiger partial charge < -0.3 is 5.32 Å². The average molecular weight is 348 g/mol. The predicted molar refractivity (Wildman–Crippen MR) is 89.0 cm³/mol. The molecule has 2 aromatic heterocycles. The lowest BCUT2D eigenvalue weighted by atomic mass is 9.97. The van der Waals surface area contributed by atoms with E-state index in [1.54, 1.807) is 12.1 Å². The Morgan fingerprint density at radius 2 is 2.12 bits per heavy atom. The molecule has 0 fully saturated rings. The van der Waals surface area contributed by atoms with E-state index < -0.39 is 5.82 Å². The molecule has 0 aliphatic heterocycles. The van der Waals surface area contributed by atoms with Gasteiger partial charge in [-0.05, 0) is 37.8 Å². The Kier molecular flexibility index (Phi) is 3.72. The van der Waals surface area contributed by atoms with Gasteiger partial charge in [0.2, 0.25) is 5.95 Å². The van der Waals surface area contributed by atoms with Crippen molar-refractivity contribution in [2.24, 2.45) is 0 Å². The quantitative estimate of drug-likeness (QED) is 0.764. The Morgan fingerprint density at radius 1 is 1.29 bits per heavy atom. The fourth-order valence-corrected chi connectivity index (χ4v) is 3.23. The van der Waals surface area contributed by atoms with Gasteiger partial charge in [-0.3, -0.25) is 9.89 Å². The second-order valence-electron chi connectivity index (χ2n) is 5.81. The lowest BCUT2D eigenvalue weighted by molar-refractivity contribution is 0.613. The normalized spacial score (nSPS) is 13.9. The van der Waals surface area contributed by atoms with E-state index in [4.69, 9.17) is 11.6 Å². The number of halogens is 2. The Bertz CT molecular complexity index is 960. The predicted octanol–water partition coefficient (Wildman–Crippen LogP) is 2.70. The number of rotatable bonds is 3. The molecule has 0 atom stereocenters. The molecule has 0 bridgehead atoms. The highest BCUT2D eigenvalue weighted by Gasteiger charge is 2.18. The van der Waals surface area contributed by atoms with E-state index >= 15 is 0 Å². The van der Waals surface area contributed by atoms with Gasteiger partial charge in [0.05, 0.1) is 5.69 Å². The molecule has 124 valence electrons. The minimum absolute atomic E-state index is 0.112. The van der Waals surface area contributed by atoms with Crippen molar-refractivity contribution in [3.05, 3.63) is 56.2 Å². The summed E-state index contributed by atoms with van der Waals surface area (Å²) < 4.78 is 15.1. The van der Waals surface area contributed by atoms with Crippen molar-refractivity contribution >= 4 is 23.3 Å². The first-order chi connectivity index (χ1) is 11.6. The van der Waals surface area contributed by atoms with Crippen molar-refractivity contribution < 1.29 is 4.39 Å². The van der Waals surface area contributed by atoms with Crippen LogP contribution in [0.4, 0.5) is 10.3 Å². The van der Waals surface area contributed by atoms with Gasteiger partial charge in [-0.15, -0.1) is 0 Å². The molecule has 1 aliphatic carbocycles. The maximum Gasteiger partial charge on any atom is 0.277 e. The largest absolute Gasteiger partial charge is 0.350 e. The zero-order valence-corrected chi connectivity index (χ0v) is 13.5. The van der Waals surface area contributed by atoms with Gasteiger partial charge >= 0.3 is 0 Å². The van der Waals surface area contributed by atoms with Crippen molar-refractivity contribution in [3.8, 4) is 0 Å². The third-order valence-corrected chi connectivity index (χ3v) is 4.61. The Labute approximate surface area is 141 Å². The smallest absolute Gasteiger partial charge is 0.277 e. The number of aromatic amines is 1. The first-order valence-electron chi connectivity index (χ1n) is 7.81. The maximum absolute atomic E-state index is 13.8. The monoisotopic (exact) mass is 347 g/mol. The van der Waals surface area contributed by atoms with Gasteiger partial charge in [-0.25, -0.2) is 9.37 Å². The van der Waals surface area contributed by atoms with Crippen LogP contribution in [-0.2, 0) is 19.4 Å². The van der Waals surface area contributed by atoms with Crippen LogP contribution in [0.25, 0.3) is 5.78 Å². The lowest BCUT2D eigenvalue weighted by Crippen LogP contribution is -2.25. The zero-order chi connectivity index (χ0) is 16.7. The molecule has 0 spiro atoms. The summed E-state index contributed by atoms with van der Waals surface area (Å²) in [5.74, 6) is 0.279. The van der Waals surface area contributed by atoms with Crippen LogP contribution in [-0.4, -0.2) is 19.6 Å². The SMILES string of the molecule is O=c1c2c(nc3nc(NCc4c(F)cccc4Cl)[nH]n13)CCCC2. The number of aryl methyl sites for hydroxylation is 1. The second-order valence-corrected chi connectivity index (χ2v) is 6.22. The molecular formula is C16H15ClFN5O. The molecule has 2 N–H and O–H groups in total. The highest BCUT2D eigenvalue weighted by molar-refractivity contribution is 6.31. The number of fused-ring (bicyclic) bond motifs is 2. The Hall–Kier alpha value is -2.41. The van der Waals surface area contributed by atoms with E-state index in [2.05, 4.69) is 20.4 Å². The number of hydrogen-bond donors (Lipinski definition) is 2. The molecule has 1 aliphatic rings. The Morgan fingerprint density at radius 3 is 2.96 bits per heavy atom. The van der Waals surface area contributed by atoms with Gasteiger partial charge in [0.1, 0.15) is 5.82 Å². The van der Waals surface area contributed by atoms with E-state index in [9.17, 15) is 9.18 Å². The topological polar surface area (TPSA) is 75.1 Å². The third kappa shape index (κ3) is 2.54. The van der Waals surface area contributed by atoms with Crippen LogP contribution in [0.15, 0.2) is 23.0 Å². The molecule has 2 heterocycles. The molecule has 0 saturated heterocycles. The summed E-state index contributed by atoms with van der Waals surface area (Å²) >= 11 is 6.01. The fourth-order valence-electron chi connectivity index (χ4n) is 3.00. The van der Waals surface area contributed by atoms with Crippen molar-refractivity contribution in [2.45, 2.75) is 32.2 Å². The maximum atomic E-state index is 13.8. The molecule has 24 heavy (non-hydrogen) atoms. The van der Waals surface area contributed by atoms with Crippen LogP contribution < -0.4 is 10.9 Å². The molecule has 4 rings (SSSR count). The van der Waals surface area contributed by atoms with Crippen molar-refractivity contribution in [1.82, 2.24) is 19.6 Å². The summed E-state index contributed by atoms with van der Waals surface area (Å²) in [7, 11) is 0. The van der Waals surface area contributed by atoms with Crippen molar-refractivity contribution in [2.75, 3.05) is 5.32 Å². The molecule has 0 amide bonds. The van der Waals surface area contributed by atoms with Crippen LogP contribution in [0.2, 0.25) is 5.02 Å². The summed E-state index contributed by atoms with van der Waals surface area (Å²) in [5, 5.41) is 6.17. The van der Waals surface area contributed by atoms with Crippen LogP contribution in [0.5, 0.6) is 0 Å². The van der Waals surface area contributed by atoms with Gasteiger partial charge in [0.25, 0.3) is 11.3 Å². The minimum atomic E-state index is -0.392. The average Bonchev–Trinajstić information content (AvgIpc) is 2.98. The highest BCUT2D eigenvalue weighted by atomic mass is 35.5. The first kappa shape index (κ1) is 15.1. The van der Waals surface area contributed by atoms with Crippen LogP contribution >= 0.6 is 11.6 Å². The van der Waals surface area contributed by atoms with E-state index in [-0.39, 0.29) is 12.1 Å². The summed E-state index contributed by atoms with van der Waals surface area (Å²) in [4.78, 5) is 21.3. The summed E-state index contributed by atoms with van der Waals surface area (Å²) in [6.45, 7) is 0.153. The molecule has 3 aromatic rings. The molecule has 0 radical (unpaired) electrons. The minimum Gasteiger partial charge on any atom is -0.350 e. The number of hydrogen-bond acceptors (Lipinski definition) is 4. The first-order valence-corrected chi connectivity index (χ1v) is 8.18. The molecule has 1 aromatic carbocycles. The van der Waals surface area contributed by atoms with E-state index in [0.29, 0.717) is 22.3 Å². The van der Waals surface area contributed by atoms with Crippen LogP contribution in [0.1, 0.15) is 29.7 Å². The van der Waals surface area contributed by atoms with Crippen LogP contribution in [0, 0.1) is 5.82 Å². The Balaban J connectivity index is 1.66. The standard InChI is InChI=1S/C16H15ClFN5O/c17-11-5-3-6-12(18)10(11)8-19-15-21-16-20-13-7-2-1-4-9(13)14(24)23(16)22-15/h3,5-6H,1-2,4,7-8H2,(H2,19,20,21,22). The van der Waals surface area contributed by atoms with Crippen molar-refractivity contribution in [1.29, 1.82) is 0 Å². The van der Waals surface area contributed by atoms with E-state index in [1.807, 2.05) is 0 Å². The number of nitrogens with zero attached hydrogens (tertiary/aromatic N) is 3. The number of aromatic nitrogens is 4. The van der Waals surface area contributed by atoms with Gasteiger partial charge in [-0.1, -0.05) is 17.7 Å². The molecule has 6 nitrogen and oxygen atoms in total. The summed E-state index contributed by atoms with van der Waals surface area (Å²) in [6, 6.07) is 4.53. The van der Waals surface area contributed by atoms with Crippen molar-refractivity contribution in [3.63, 3.8) is 0 Å². The molecule has 0 unspecified atom stereocenters. The summed E-state index contributed by atoms with van der Waals surface area (Å²) in [6.07, 6.45) is 3.59. The fraction of sp³-hybridized carbons (Fsp3) is 0.312. The van der Waals surface area contributed by atoms with Crippen LogP contribution in [0.3, 0.4) is 0 Å². The van der Waals surface area contributed by atoms with Gasteiger partial charge in [0.15, 0.2) is 0 Å². The van der Waals surface area contributed by atoms with Gasteiger partial charge in [-0.2, -0.15) is 9.50 Å². The number of benzene rings is 1. The number of nitrogens with one attached hydrogen (secondary N) is 2. The van der Waals surface area contributed by atoms with Gasteiger partial charge in [0, 0.05) is 22.7 Å². The zero-order valence-electron chi connectivity index (χ0n) is 12.8. The number of anilines is 1. The molecule has 8 heteroatoms. The molecular weight excluding hydrogens is 333 g/mol.